The Labute approximate surface area is 189 Å². The van der Waals surface area contributed by atoms with Crippen LogP contribution in [-0.2, 0) is 0 Å². The Kier molecular flexibility index (Phi) is 4.97. The van der Waals surface area contributed by atoms with Gasteiger partial charge in [-0.25, -0.2) is 0 Å². The Bertz CT molecular complexity index is 1290. The van der Waals surface area contributed by atoms with E-state index in [1.807, 2.05) is 41.3 Å². The van der Waals surface area contributed by atoms with E-state index >= 15 is 0 Å². The molecule has 8 heteroatoms. The lowest BCUT2D eigenvalue weighted by Crippen LogP contribution is -2.44. The molecular formula is C25H19N3O5. The Balaban J connectivity index is 1.71. The van der Waals surface area contributed by atoms with Gasteiger partial charge in [0.1, 0.15) is 12.1 Å². The van der Waals surface area contributed by atoms with Crippen LogP contribution in [0.25, 0.3) is 6.08 Å². The molecule has 2 heterocycles. The topological polar surface area (TPSA) is 107 Å². The van der Waals surface area contributed by atoms with Crippen molar-refractivity contribution < 1.29 is 14.6 Å². The lowest BCUT2D eigenvalue weighted by molar-refractivity contribution is -0.524. The highest BCUT2D eigenvalue weighted by Gasteiger charge is 2.58. The number of hydrogen-bond donors (Lipinski definition) is 0. The first-order chi connectivity index (χ1) is 16.0. The number of Topliss-reactive ketones (excluding diaryl/α,β-unsaturated/α-hetero) is 1. The van der Waals surface area contributed by atoms with Gasteiger partial charge in [0, 0.05) is 28.3 Å². The third kappa shape index (κ3) is 3.36. The van der Waals surface area contributed by atoms with Crippen LogP contribution >= 0.6 is 0 Å². The van der Waals surface area contributed by atoms with Crippen LogP contribution in [0.1, 0.15) is 27.4 Å². The minimum atomic E-state index is -1.07. The van der Waals surface area contributed by atoms with Gasteiger partial charge in [-0.05, 0) is 17.2 Å². The van der Waals surface area contributed by atoms with Gasteiger partial charge in [-0.15, -0.1) is 0 Å². The average Bonchev–Trinajstić information content (AvgIpc) is 3.20. The largest absolute Gasteiger partial charge is 0.346 e. The number of rotatable bonds is 5. The molecule has 5 rings (SSSR count). The van der Waals surface area contributed by atoms with Gasteiger partial charge in [0.05, 0.1) is 10.8 Å². The summed E-state index contributed by atoms with van der Waals surface area (Å²) in [4.78, 5) is 38.5. The molecule has 3 aromatic rings. The smallest absolute Gasteiger partial charge is 0.270 e. The van der Waals surface area contributed by atoms with Crippen LogP contribution in [-0.4, -0.2) is 33.8 Å². The number of hydrogen-bond acceptors (Lipinski definition) is 6. The number of non-ortho nitro benzene ring substituents is 1. The fourth-order valence-electron chi connectivity index (χ4n) is 5.05. The molecule has 8 nitrogen and oxygen atoms in total. The maximum absolute atomic E-state index is 13.9. The zero-order valence-electron chi connectivity index (χ0n) is 17.4. The SMILES string of the molecule is O=C(c1cccc([N+](=O)[O-])c1)[C@@H]1[C@H](c2ccccc2)[C@@H]([N+](=O)[O-])[C@H]2C=Cc3ccccc3N21. The van der Waals surface area contributed by atoms with E-state index in [9.17, 15) is 25.0 Å². The molecule has 0 N–H and O–H groups in total. The number of nitrogens with zero attached hydrogens (tertiary/aromatic N) is 3. The maximum Gasteiger partial charge on any atom is 0.270 e. The van der Waals surface area contributed by atoms with Crippen LogP contribution in [0.5, 0.6) is 0 Å². The standard InChI is InChI=1S/C25H19N3O5/c29-25(18-10-6-11-19(15-18)27(30)31)24-22(17-8-2-1-3-9-17)23(28(32)33)21-14-13-16-7-4-5-12-20(16)26(21)24/h1-15,21-24H/t21-,22-,23+,24+/m1/s1. The van der Waals surface area contributed by atoms with Gasteiger partial charge in [0.25, 0.3) is 5.69 Å². The minimum Gasteiger partial charge on any atom is -0.346 e. The summed E-state index contributed by atoms with van der Waals surface area (Å²) >= 11 is 0. The molecule has 0 aliphatic carbocycles. The van der Waals surface area contributed by atoms with Crippen molar-refractivity contribution in [3.63, 3.8) is 0 Å². The fraction of sp³-hybridized carbons (Fsp3) is 0.160. The number of benzene rings is 3. The summed E-state index contributed by atoms with van der Waals surface area (Å²) in [5.74, 6) is -1.12. The van der Waals surface area contributed by atoms with Crippen LogP contribution in [0.4, 0.5) is 11.4 Å². The quantitative estimate of drug-likeness (QED) is 0.328. The molecule has 0 amide bonds. The summed E-state index contributed by atoms with van der Waals surface area (Å²) in [7, 11) is 0. The van der Waals surface area contributed by atoms with Gasteiger partial charge in [-0.3, -0.25) is 25.0 Å². The predicted molar refractivity (Wildman–Crippen MR) is 123 cm³/mol. The van der Waals surface area contributed by atoms with Crippen molar-refractivity contribution in [2.45, 2.75) is 24.0 Å². The fourth-order valence-corrected chi connectivity index (χ4v) is 5.05. The van der Waals surface area contributed by atoms with Crippen LogP contribution in [0.15, 0.2) is 84.9 Å². The van der Waals surface area contributed by atoms with Gasteiger partial charge >= 0.3 is 0 Å². The first-order valence-electron chi connectivity index (χ1n) is 10.5. The van der Waals surface area contributed by atoms with Crippen molar-refractivity contribution in [2.24, 2.45) is 0 Å². The molecule has 0 bridgehead atoms. The summed E-state index contributed by atoms with van der Waals surface area (Å²) in [5.41, 5.74) is 2.24. The van der Waals surface area contributed by atoms with E-state index in [0.717, 1.165) is 11.3 Å². The second-order valence-corrected chi connectivity index (χ2v) is 8.14. The minimum absolute atomic E-state index is 0.157. The molecule has 0 unspecified atom stereocenters. The number of carbonyl (C=O) groups is 1. The third-order valence-corrected chi connectivity index (χ3v) is 6.40. The van der Waals surface area contributed by atoms with E-state index in [-0.39, 0.29) is 22.0 Å². The molecule has 2 aliphatic heterocycles. The number of ketones is 1. The van der Waals surface area contributed by atoms with Crippen molar-refractivity contribution in [2.75, 3.05) is 4.90 Å². The van der Waals surface area contributed by atoms with Crippen LogP contribution < -0.4 is 4.90 Å². The van der Waals surface area contributed by atoms with E-state index < -0.39 is 29.0 Å². The zero-order chi connectivity index (χ0) is 23.1. The number of nitro groups is 2. The predicted octanol–water partition coefficient (Wildman–Crippen LogP) is 4.49. The normalized spacial score (nSPS) is 23.0. The van der Waals surface area contributed by atoms with Crippen molar-refractivity contribution in [1.29, 1.82) is 0 Å². The molecule has 164 valence electrons. The number of fused-ring (bicyclic) bond motifs is 3. The molecule has 33 heavy (non-hydrogen) atoms. The number of nitro benzene ring substituents is 1. The summed E-state index contributed by atoms with van der Waals surface area (Å²) < 4.78 is 0. The highest BCUT2D eigenvalue weighted by molar-refractivity contribution is 6.04. The molecule has 0 radical (unpaired) electrons. The lowest BCUT2D eigenvalue weighted by atomic mass is 9.83. The molecule has 1 saturated heterocycles. The Hall–Kier alpha value is -4.33. The summed E-state index contributed by atoms with van der Waals surface area (Å²) in [5, 5.41) is 23.6. The first-order valence-corrected chi connectivity index (χ1v) is 10.5. The molecule has 2 aliphatic rings. The van der Waals surface area contributed by atoms with Crippen molar-refractivity contribution >= 4 is 23.2 Å². The van der Waals surface area contributed by atoms with Gasteiger partial charge in [0.15, 0.2) is 5.78 Å². The van der Waals surface area contributed by atoms with E-state index in [0.29, 0.717) is 5.56 Å². The van der Waals surface area contributed by atoms with Gasteiger partial charge in [-0.2, -0.15) is 0 Å². The molecule has 0 saturated carbocycles. The second-order valence-electron chi connectivity index (χ2n) is 8.14. The molecular weight excluding hydrogens is 422 g/mol. The number of para-hydroxylation sites is 1. The van der Waals surface area contributed by atoms with Gasteiger partial charge in [-0.1, -0.05) is 72.8 Å². The second kappa shape index (κ2) is 7.98. The van der Waals surface area contributed by atoms with Crippen LogP contribution in [0.3, 0.4) is 0 Å². The van der Waals surface area contributed by atoms with E-state index in [4.69, 9.17) is 0 Å². The molecule has 4 atom stereocenters. The monoisotopic (exact) mass is 441 g/mol. The summed E-state index contributed by atoms with van der Waals surface area (Å²) in [6, 6.07) is 19.4. The van der Waals surface area contributed by atoms with Crippen LogP contribution in [0, 0.1) is 20.2 Å². The summed E-state index contributed by atoms with van der Waals surface area (Å²) in [6.07, 6.45) is 3.64. The van der Waals surface area contributed by atoms with Crippen LogP contribution in [0.2, 0.25) is 0 Å². The van der Waals surface area contributed by atoms with E-state index in [1.54, 1.807) is 30.3 Å². The number of carbonyl (C=O) groups excluding carboxylic acids is 1. The molecule has 0 aromatic heterocycles. The molecule has 0 spiro atoms. The van der Waals surface area contributed by atoms with Gasteiger partial charge < -0.3 is 4.90 Å². The number of anilines is 1. The molecule has 1 fully saturated rings. The first kappa shape index (κ1) is 20.6. The third-order valence-electron chi connectivity index (χ3n) is 6.40. The maximum atomic E-state index is 13.9. The zero-order valence-corrected chi connectivity index (χ0v) is 17.4. The van der Waals surface area contributed by atoms with Crippen molar-refractivity contribution in [3.05, 3.63) is 122 Å². The van der Waals surface area contributed by atoms with E-state index in [1.165, 1.54) is 24.3 Å². The van der Waals surface area contributed by atoms with Crippen molar-refractivity contribution in [1.82, 2.24) is 0 Å². The Morgan fingerprint density at radius 3 is 2.33 bits per heavy atom. The highest BCUT2D eigenvalue weighted by Crippen LogP contribution is 2.47. The summed E-state index contributed by atoms with van der Waals surface area (Å²) in [6.45, 7) is 0. The molecule has 3 aromatic carbocycles. The Morgan fingerprint density at radius 1 is 0.879 bits per heavy atom. The average molecular weight is 441 g/mol. The van der Waals surface area contributed by atoms with Crippen molar-refractivity contribution in [3.8, 4) is 0 Å². The highest BCUT2D eigenvalue weighted by atomic mass is 16.6. The Morgan fingerprint density at radius 2 is 1.61 bits per heavy atom. The van der Waals surface area contributed by atoms with E-state index in [2.05, 4.69) is 0 Å². The lowest BCUT2D eigenvalue weighted by Gasteiger charge is -2.34. The van der Waals surface area contributed by atoms with Gasteiger partial charge in [0.2, 0.25) is 6.04 Å².